The molecule has 0 saturated heterocycles. The second kappa shape index (κ2) is 2.95. The first kappa shape index (κ1) is 8.43. The lowest BCUT2D eigenvalue weighted by molar-refractivity contribution is 0.0696. The maximum Gasteiger partial charge on any atom is 0.335 e. The van der Waals surface area contributed by atoms with E-state index >= 15 is 0 Å². The molecule has 2 aromatic heterocycles. The van der Waals surface area contributed by atoms with Gasteiger partial charge in [0.05, 0.1) is 5.56 Å². The number of fused-ring (bicyclic) bond motifs is 1. The minimum atomic E-state index is -1.01. The van der Waals surface area contributed by atoms with E-state index in [1.165, 1.54) is 18.3 Å². The Morgan fingerprint density at radius 1 is 1.57 bits per heavy atom. The monoisotopic (exact) mass is 190 g/mol. The van der Waals surface area contributed by atoms with Crippen LogP contribution in [0.2, 0.25) is 0 Å². The van der Waals surface area contributed by atoms with Crippen molar-refractivity contribution in [2.45, 2.75) is 0 Å². The first-order chi connectivity index (χ1) is 6.70. The summed E-state index contributed by atoms with van der Waals surface area (Å²) in [5.41, 5.74) is 0.889. The average molecular weight is 190 g/mol. The summed E-state index contributed by atoms with van der Waals surface area (Å²) in [6, 6.07) is 2.86. The van der Waals surface area contributed by atoms with Crippen LogP contribution in [0.4, 0.5) is 0 Å². The Bertz CT molecular complexity index is 516. The SMILES string of the molecule is O=Cc1cn2ccc(C(=O)O)cc2n1. The molecular formula is C9H6N2O3. The summed E-state index contributed by atoms with van der Waals surface area (Å²) in [5.74, 6) is -1.01. The van der Waals surface area contributed by atoms with Gasteiger partial charge in [-0.2, -0.15) is 0 Å². The van der Waals surface area contributed by atoms with Gasteiger partial charge in [0, 0.05) is 12.4 Å². The molecule has 1 N–H and O–H groups in total. The molecule has 2 aromatic rings. The fraction of sp³-hybridized carbons (Fsp3) is 0. The molecule has 2 heterocycles. The van der Waals surface area contributed by atoms with E-state index in [4.69, 9.17) is 5.11 Å². The van der Waals surface area contributed by atoms with E-state index in [1.54, 1.807) is 10.6 Å². The van der Waals surface area contributed by atoms with Crippen LogP contribution in [0.1, 0.15) is 20.8 Å². The fourth-order valence-electron chi connectivity index (χ4n) is 1.19. The van der Waals surface area contributed by atoms with Gasteiger partial charge in [0.15, 0.2) is 6.29 Å². The summed E-state index contributed by atoms with van der Waals surface area (Å²) in [4.78, 5) is 24.9. The standard InChI is InChI=1S/C9H6N2O3/c12-5-7-4-11-2-1-6(9(13)14)3-8(11)10-7/h1-5H,(H,13,14). The lowest BCUT2D eigenvalue weighted by Crippen LogP contribution is -1.96. The van der Waals surface area contributed by atoms with Gasteiger partial charge in [-0.3, -0.25) is 4.79 Å². The number of rotatable bonds is 2. The van der Waals surface area contributed by atoms with Crippen molar-refractivity contribution >= 4 is 17.9 Å². The Balaban J connectivity index is 2.65. The van der Waals surface area contributed by atoms with Crippen LogP contribution in [0.3, 0.4) is 0 Å². The number of aldehydes is 1. The summed E-state index contributed by atoms with van der Waals surface area (Å²) < 4.78 is 1.59. The van der Waals surface area contributed by atoms with Crippen molar-refractivity contribution in [2.75, 3.05) is 0 Å². The summed E-state index contributed by atoms with van der Waals surface area (Å²) in [7, 11) is 0. The third-order valence-electron chi connectivity index (χ3n) is 1.85. The number of carbonyl (C=O) groups excluding carboxylic acids is 1. The van der Waals surface area contributed by atoms with Crippen molar-refractivity contribution < 1.29 is 14.7 Å². The largest absolute Gasteiger partial charge is 0.478 e. The van der Waals surface area contributed by atoms with E-state index in [0.29, 0.717) is 11.9 Å². The maximum absolute atomic E-state index is 10.6. The highest BCUT2D eigenvalue weighted by molar-refractivity contribution is 5.88. The van der Waals surface area contributed by atoms with Gasteiger partial charge in [0.25, 0.3) is 0 Å². The summed E-state index contributed by atoms with van der Waals surface area (Å²) >= 11 is 0. The number of hydrogen-bond acceptors (Lipinski definition) is 3. The van der Waals surface area contributed by atoms with E-state index in [0.717, 1.165) is 0 Å². The second-order valence-corrected chi connectivity index (χ2v) is 2.77. The molecule has 5 heteroatoms. The third-order valence-corrected chi connectivity index (χ3v) is 1.85. The first-order valence-electron chi connectivity index (χ1n) is 3.88. The molecule has 0 saturated carbocycles. The molecule has 0 aromatic carbocycles. The van der Waals surface area contributed by atoms with Gasteiger partial charge < -0.3 is 9.51 Å². The molecular weight excluding hydrogens is 184 g/mol. The lowest BCUT2D eigenvalue weighted by Gasteiger charge is -1.94. The van der Waals surface area contributed by atoms with Crippen LogP contribution >= 0.6 is 0 Å². The highest BCUT2D eigenvalue weighted by atomic mass is 16.4. The molecule has 0 aliphatic heterocycles. The van der Waals surface area contributed by atoms with Crippen molar-refractivity contribution in [2.24, 2.45) is 0 Å². The van der Waals surface area contributed by atoms with Crippen molar-refractivity contribution in [3.05, 3.63) is 35.8 Å². The third kappa shape index (κ3) is 1.24. The van der Waals surface area contributed by atoms with Crippen LogP contribution in [0, 0.1) is 0 Å². The molecule has 0 radical (unpaired) electrons. The van der Waals surface area contributed by atoms with Crippen LogP contribution < -0.4 is 0 Å². The Morgan fingerprint density at radius 3 is 3.00 bits per heavy atom. The summed E-state index contributed by atoms with van der Waals surface area (Å²) in [5, 5.41) is 8.70. The van der Waals surface area contributed by atoms with Crippen molar-refractivity contribution in [3.63, 3.8) is 0 Å². The molecule has 0 fully saturated rings. The molecule has 0 spiro atoms. The van der Waals surface area contributed by atoms with E-state index in [-0.39, 0.29) is 11.3 Å². The van der Waals surface area contributed by atoms with Crippen LogP contribution in [0.25, 0.3) is 5.65 Å². The lowest BCUT2D eigenvalue weighted by atomic mass is 10.3. The quantitative estimate of drug-likeness (QED) is 0.712. The van der Waals surface area contributed by atoms with Crippen molar-refractivity contribution in [1.82, 2.24) is 9.38 Å². The molecule has 0 aliphatic carbocycles. The molecule has 0 amide bonds. The molecule has 0 unspecified atom stereocenters. The summed E-state index contributed by atoms with van der Waals surface area (Å²) in [6.07, 6.45) is 3.71. The fourth-order valence-corrected chi connectivity index (χ4v) is 1.19. The Hall–Kier alpha value is -2.17. The van der Waals surface area contributed by atoms with Crippen molar-refractivity contribution in [3.8, 4) is 0 Å². The number of aromatic nitrogens is 2. The number of carboxylic acid groups (broad SMARTS) is 1. The molecule has 0 aliphatic rings. The molecule has 5 nitrogen and oxygen atoms in total. The van der Waals surface area contributed by atoms with Crippen LogP contribution in [0.15, 0.2) is 24.5 Å². The maximum atomic E-state index is 10.6. The highest BCUT2D eigenvalue weighted by Gasteiger charge is 2.05. The minimum Gasteiger partial charge on any atom is -0.478 e. The zero-order valence-corrected chi connectivity index (χ0v) is 7.04. The van der Waals surface area contributed by atoms with Gasteiger partial charge >= 0.3 is 5.97 Å². The molecule has 70 valence electrons. The molecule has 0 bridgehead atoms. The zero-order chi connectivity index (χ0) is 10.1. The number of carboxylic acids is 1. The summed E-state index contributed by atoms with van der Waals surface area (Å²) in [6.45, 7) is 0. The molecule has 2 rings (SSSR count). The number of pyridine rings is 1. The highest BCUT2D eigenvalue weighted by Crippen LogP contribution is 2.07. The second-order valence-electron chi connectivity index (χ2n) is 2.77. The normalized spacial score (nSPS) is 10.3. The number of hydrogen-bond donors (Lipinski definition) is 1. The topological polar surface area (TPSA) is 71.7 Å². The Labute approximate surface area is 78.6 Å². The number of nitrogens with zero attached hydrogens (tertiary/aromatic N) is 2. The predicted octanol–water partition coefficient (Wildman–Crippen LogP) is 0.845. The van der Waals surface area contributed by atoms with E-state index < -0.39 is 5.97 Å². The number of carbonyl (C=O) groups is 2. The van der Waals surface area contributed by atoms with Gasteiger partial charge in [-0.1, -0.05) is 0 Å². The van der Waals surface area contributed by atoms with E-state index in [9.17, 15) is 9.59 Å². The number of aromatic carboxylic acids is 1. The van der Waals surface area contributed by atoms with E-state index in [1.807, 2.05) is 0 Å². The van der Waals surface area contributed by atoms with Crippen LogP contribution in [-0.4, -0.2) is 26.7 Å². The van der Waals surface area contributed by atoms with Gasteiger partial charge in [-0.05, 0) is 12.1 Å². The van der Waals surface area contributed by atoms with Crippen LogP contribution in [0.5, 0.6) is 0 Å². The molecule has 14 heavy (non-hydrogen) atoms. The van der Waals surface area contributed by atoms with Gasteiger partial charge in [0.1, 0.15) is 11.3 Å². The van der Waals surface area contributed by atoms with Crippen LogP contribution in [-0.2, 0) is 0 Å². The van der Waals surface area contributed by atoms with E-state index in [2.05, 4.69) is 4.98 Å². The Kier molecular flexibility index (Phi) is 1.78. The first-order valence-corrected chi connectivity index (χ1v) is 3.88. The average Bonchev–Trinajstić information content (AvgIpc) is 2.58. The van der Waals surface area contributed by atoms with Gasteiger partial charge in [-0.15, -0.1) is 0 Å². The Morgan fingerprint density at radius 2 is 2.36 bits per heavy atom. The predicted molar refractivity (Wildman–Crippen MR) is 47.5 cm³/mol. The zero-order valence-electron chi connectivity index (χ0n) is 7.04. The smallest absolute Gasteiger partial charge is 0.335 e. The van der Waals surface area contributed by atoms with Gasteiger partial charge in [0.2, 0.25) is 0 Å². The number of imidazole rings is 1. The van der Waals surface area contributed by atoms with Gasteiger partial charge in [-0.25, -0.2) is 9.78 Å². The van der Waals surface area contributed by atoms with Crippen molar-refractivity contribution in [1.29, 1.82) is 0 Å². The molecule has 0 atom stereocenters. The minimum absolute atomic E-state index is 0.153.